The lowest BCUT2D eigenvalue weighted by molar-refractivity contribution is -0.137. The summed E-state index contributed by atoms with van der Waals surface area (Å²) in [5.74, 6) is -0.963. The van der Waals surface area contributed by atoms with E-state index in [4.69, 9.17) is 0 Å². The predicted octanol–water partition coefficient (Wildman–Crippen LogP) is 1.58. The molecule has 3 aromatic rings. The highest BCUT2D eigenvalue weighted by Crippen LogP contribution is 2.34. The van der Waals surface area contributed by atoms with Crippen LogP contribution in [0.25, 0.3) is 6.08 Å². The zero-order valence-electron chi connectivity index (χ0n) is 18.3. The second-order valence-corrected chi connectivity index (χ2v) is 9.53. The highest BCUT2D eigenvalue weighted by atomic mass is 32.2. The van der Waals surface area contributed by atoms with Crippen molar-refractivity contribution in [1.82, 2.24) is 15.0 Å². The molecule has 0 saturated carbocycles. The summed E-state index contributed by atoms with van der Waals surface area (Å²) in [6.07, 6.45) is -0.400. The second kappa shape index (κ2) is 8.94. The first-order valence-electron chi connectivity index (χ1n) is 9.99. The van der Waals surface area contributed by atoms with Crippen LogP contribution in [0.4, 0.5) is 36.4 Å². The predicted molar refractivity (Wildman–Crippen MR) is 122 cm³/mol. The van der Waals surface area contributed by atoms with Gasteiger partial charge < -0.3 is 10.6 Å². The fourth-order valence-corrected chi connectivity index (χ4v) is 3.71. The van der Waals surface area contributed by atoms with E-state index in [0.717, 1.165) is 10.6 Å². The molecule has 10 nitrogen and oxygen atoms in total. The van der Waals surface area contributed by atoms with Crippen LogP contribution in [-0.4, -0.2) is 42.6 Å². The van der Waals surface area contributed by atoms with Crippen molar-refractivity contribution in [2.75, 3.05) is 28.2 Å². The van der Waals surface area contributed by atoms with Gasteiger partial charge in [-0.1, -0.05) is 6.07 Å². The summed E-state index contributed by atoms with van der Waals surface area (Å²) in [5, 5.41) is 6.48. The molecule has 14 heteroatoms. The van der Waals surface area contributed by atoms with E-state index in [1.54, 1.807) is 18.2 Å². The van der Waals surface area contributed by atoms with Gasteiger partial charge in [0, 0.05) is 48.5 Å². The van der Waals surface area contributed by atoms with Crippen LogP contribution >= 0.6 is 0 Å². The number of rotatable bonds is 7. The Bertz CT molecular complexity index is 1540. The third kappa shape index (κ3) is 5.37. The van der Waals surface area contributed by atoms with Crippen molar-refractivity contribution in [2.24, 2.45) is 4.99 Å². The van der Waals surface area contributed by atoms with Gasteiger partial charge in [0.25, 0.3) is 5.91 Å². The Hall–Kier alpha value is -4.07. The molecule has 0 aliphatic carbocycles. The number of amides is 1. The Kier molecular flexibility index (Phi) is 6.15. The number of pyridine rings is 1. The zero-order chi connectivity index (χ0) is 25.4. The molecule has 1 aromatic carbocycles. The number of alkyl halides is 3. The standard InChI is InChI=1S/C21H18F3N7O3S/c1-31(35(2,33)34)19-12(4-3-7-25-19)10-26-18-15(21(22,23)24)11-27-20(30-18)28-14-5-6-16-13(8-14)9-17(32)29-16/h3-9,11H,10H2,1-2H3,(H2,26,27,28,30). The van der Waals surface area contributed by atoms with Gasteiger partial charge in [0.15, 0.2) is 0 Å². The van der Waals surface area contributed by atoms with Crippen LogP contribution in [0, 0.1) is 0 Å². The summed E-state index contributed by atoms with van der Waals surface area (Å²) in [6, 6.07) is 7.85. The molecule has 1 aliphatic heterocycles. The van der Waals surface area contributed by atoms with Gasteiger partial charge in [0.2, 0.25) is 16.0 Å². The Morgan fingerprint density at radius 3 is 2.63 bits per heavy atom. The number of carbonyl (C=O) groups excluding carboxylic acids is 1. The van der Waals surface area contributed by atoms with E-state index in [-0.39, 0.29) is 18.3 Å². The molecule has 3 heterocycles. The van der Waals surface area contributed by atoms with Gasteiger partial charge in [-0.05, 0) is 24.3 Å². The number of halogens is 3. The number of aromatic nitrogens is 3. The van der Waals surface area contributed by atoms with Gasteiger partial charge in [-0.2, -0.15) is 18.2 Å². The summed E-state index contributed by atoms with van der Waals surface area (Å²) in [5.41, 5.74) is -0.319. The van der Waals surface area contributed by atoms with Crippen LogP contribution in [0.1, 0.15) is 11.1 Å². The summed E-state index contributed by atoms with van der Waals surface area (Å²) in [4.78, 5) is 27.0. The average molecular weight is 505 g/mol. The Balaban J connectivity index is 1.64. The number of nitrogens with zero attached hydrogens (tertiary/aromatic N) is 5. The lowest BCUT2D eigenvalue weighted by atomic mass is 10.2. The van der Waals surface area contributed by atoms with Crippen LogP contribution in [0.15, 0.2) is 47.7 Å². The van der Waals surface area contributed by atoms with Crippen molar-refractivity contribution >= 4 is 45.3 Å². The molecule has 2 aromatic heterocycles. The van der Waals surface area contributed by atoms with Crippen molar-refractivity contribution in [3.63, 3.8) is 0 Å². The largest absolute Gasteiger partial charge is 0.421 e. The van der Waals surface area contributed by atoms with Crippen LogP contribution in [0.5, 0.6) is 0 Å². The Labute approximate surface area is 197 Å². The molecule has 1 amide bonds. The van der Waals surface area contributed by atoms with Crippen LogP contribution < -0.4 is 25.5 Å². The molecule has 1 aliphatic rings. The molecule has 0 saturated heterocycles. The summed E-state index contributed by atoms with van der Waals surface area (Å²) < 4.78 is 65.5. The molecule has 2 N–H and O–H groups in total. The number of benzene rings is 1. The molecule has 0 atom stereocenters. The molecule has 4 rings (SSSR count). The molecule has 0 spiro atoms. The smallest absolute Gasteiger partial charge is 0.365 e. The minimum Gasteiger partial charge on any atom is -0.365 e. The molecule has 0 radical (unpaired) electrons. The van der Waals surface area contributed by atoms with Gasteiger partial charge in [-0.15, -0.1) is 0 Å². The molecular weight excluding hydrogens is 487 g/mol. The summed E-state index contributed by atoms with van der Waals surface area (Å²) >= 11 is 0. The third-order valence-corrected chi connectivity index (χ3v) is 6.16. The minimum absolute atomic E-state index is 0.0674. The highest BCUT2D eigenvalue weighted by molar-refractivity contribution is 7.92. The van der Waals surface area contributed by atoms with Gasteiger partial charge in [0.1, 0.15) is 17.2 Å². The summed E-state index contributed by atoms with van der Waals surface area (Å²) in [6.45, 7) is -0.194. The van der Waals surface area contributed by atoms with Crippen LogP contribution in [-0.2, 0) is 27.5 Å². The molecule has 182 valence electrons. The highest BCUT2D eigenvalue weighted by Gasteiger charge is 2.35. The average Bonchev–Trinajstić information content (AvgIpc) is 3.15. The van der Waals surface area contributed by atoms with Gasteiger partial charge in [-0.3, -0.25) is 9.10 Å². The van der Waals surface area contributed by atoms with Gasteiger partial charge in [0.05, 0.1) is 11.6 Å². The number of fused-ring (bicyclic) bond motifs is 1. The van der Waals surface area contributed by atoms with E-state index in [1.165, 1.54) is 31.5 Å². The van der Waals surface area contributed by atoms with Crippen molar-refractivity contribution in [1.29, 1.82) is 0 Å². The molecule has 0 unspecified atom stereocenters. The lowest BCUT2D eigenvalue weighted by Crippen LogP contribution is -2.27. The van der Waals surface area contributed by atoms with Crippen molar-refractivity contribution in [3.8, 4) is 0 Å². The van der Waals surface area contributed by atoms with Crippen molar-refractivity contribution in [3.05, 3.63) is 64.4 Å². The maximum absolute atomic E-state index is 13.6. The minimum atomic E-state index is -4.74. The van der Waals surface area contributed by atoms with E-state index >= 15 is 0 Å². The zero-order valence-corrected chi connectivity index (χ0v) is 19.1. The SMILES string of the molecule is CN(c1ncccc1CNc1nc(Nc2ccc3c(c2)=CC(=O)N=3)ncc1C(F)(F)F)S(C)(=O)=O. The van der Waals surface area contributed by atoms with E-state index in [1.807, 2.05) is 0 Å². The molecule has 35 heavy (non-hydrogen) atoms. The van der Waals surface area contributed by atoms with Crippen LogP contribution in [0.2, 0.25) is 0 Å². The summed E-state index contributed by atoms with van der Waals surface area (Å²) in [7, 11) is -2.35. The Morgan fingerprint density at radius 1 is 1.14 bits per heavy atom. The van der Waals surface area contributed by atoms with Crippen LogP contribution in [0.3, 0.4) is 0 Å². The maximum Gasteiger partial charge on any atom is 0.421 e. The lowest BCUT2D eigenvalue weighted by Gasteiger charge is -2.20. The first-order chi connectivity index (χ1) is 16.4. The normalized spacial score (nSPS) is 13.0. The first kappa shape index (κ1) is 24.1. The topological polar surface area (TPSA) is 130 Å². The number of hydrogen-bond donors (Lipinski definition) is 2. The Morgan fingerprint density at radius 2 is 1.91 bits per heavy atom. The fraction of sp³-hybridized carbons (Fsp3) is 0.190. The van der Waals surface area contributed by atoms with Crippen molar-refractivity contribution in [2.45, 2.75) is 12.7 Å². The van der Waals surface area contributed by atoms with Crippen molar-refractivity contribution < 1.29 is 26.4 Å². The van der Waals surface area contributed by atoms with E-state index in [2.05, 4.69) is 30.6 Å². The van der Waals surface area contributed by atoms with Gasteiger partial charge >= 0.3 is 6.18 Å². The number of hydrogen-bond acceptors (Lipinski definition) is 8. The maximum atomic E-state index is 13.6. The molecule has 0 bridgehead atoms. The number of sulfonamides is 1. The fourth-order valence-electron chi connectivity index (χ4n) is 3.23. The first-order valence-corrected chi connectivity index (χ1v) is 11.8. The van der Waals surface area contributed by atoms with E-state index < -0.39 is 33.5 Å². The quantitative estimate of drug-likeness (QED) is 0.495. The van der Waals surface area contributed by atoms with Gasteiger partial charge in [-0.25, -0.2) is 23.4 Å². The monoisotopic (exact) mass is 505 g/mol. The van der Waals surface area contributed by atoms with E-state index in [0.29, 0.717) is 28.0 Å². The number of nitrogens with one attached hydrogen (secondary N) is 2. The number of anilines is 4. The van der Waals surface area contributed by atoms with E-state index in [9.17, 15) is 26.4 Å². The second-order valence-electron chi connectivity index (χ2n) is 7.52. The molecular formula is C21H18F3N7O3S. The molecule has 0 fully saturated rings. The third-order valence-electron chi connectivity index (χ3n) is 5.00. The number of carbonyl (C=O) groups is 1.